The van der Waals surface area contributed by atoms with Crippen molar-refractivity contribution in [2.45, 2.75) is 45.4 Å². The largest absolute Gasteiger partial charge is 0.330 e. The van der Waals surface area contributed by atoms with Crippen molar-refractivity contribution in [1.82, 2.24) is 0 Å². The quantitative estimate of drug-likeness (QED) is 0.553. The fourth-order valence-corrected chi connectivity index (χ4v) is 1.88. The lowest BCUT2D eigenvalue weighted by Gasteiger charge is -2.03. The molecule has 0 aliphatic rings. The predicted octanol–water partition coefficient (Wildman–Crippen LogP) is 3.34. The van der Waals surface area contributed by atoms with Crippen molar-refractivity contribution >= 4 is 5.78 Å². The van der Waals surface area contributed by atoms with Gasteiger partial charge in [0.05, 0.1) is 0 Å². The van der Waals surface area contributed by atoms with Gasteiger partial charge in [-0.25, -0.2) is 0 Å². The SMILES string of the molecule is CCCCCCC(=O)c1ccc(CCN)cc1. The molecule has 0 aliphatic carbocycles. The summed E-state index contributed by atoms with van der Waals surface area (Å²) < 4.78 is 0. The molecule has 2 nitrogen and oxygen atoms in total. The molecule has 0 saturated carbocycles. The van der Waals surface area contributed by atoms with Crippen LogP contribution in [0.5, 0.6) is 0 Å². The van der Waals surface area contributed by atoms with Crippen LogP contribution < -0.4 is 5.73 Å². The first-order chi connectivity index (χ1) is 8.27. The summed E-state index contributed by atoms with van der Waals surface area (Å²) in [5.74, 6) is 0.264. The Morgan fingerprint density at radius 2 is 1.82 bits per heavy atom. The van der Waals surface area contributed by atoms with Crippen LogP contribution in [0, 0.1) is 0 Å². The van der Waals surface area contributed by atoms with Crippen molar-refractivity contribution in [2.75, 3.05) is 6.54 Å². The van der Waals surface area contributed by atoms with Gasteiger partial charge in [0.25, 0.3) is 0 Å². The molecular weight excluding hydrogens is 210 g/mol. The molecule has 0 amide bonds. The molecule has 0 aliphatic heterocycles. The number of hydrogen-bond donors (Lipinski definition) is 1. The molecule has 0 aromatic heterocycles. The monoisotopic (exact) mass is 233 g/mol. The molecule has 1 rings (SSSR count). The molecule has 0 radical (unpaired) electrons. The highest BCUT2D eigenvalue weighted by Crippen LogP contribution is 2.10. The minimum Gasteiger partial charge on any atom is -0.330 e. The maximum atomic E-state index is 11.9. The number of ketones is 1. The standard InChI is InChI=1S/C15H23NO/c1-2-3-4-5-6-15(17)14-9-7-13(8-10-14)11-12-16/h7-10H,2-6,11-12,16H2,1H3. The number of unbranched alkanes of at least 4 members (excludes halogenated alkanes) is 3. The van der Waals surface area contributed by atoms with Gasteiger partial charge in [0.2, 0.25) is 0 Å². The summed E-state index contributed by atoms with van der Waals surface area (Å²) in [4.78, 5) is 11.9. The number of carbonyl (C=O) groups is 1. The fourth-order valence-electron chi connectivity index (χ4n) is 1.88. The van der Waals surface area contributed by atoms with E-state index in [4.69, 9.17) is 5.73 Å². The minimum absolute atomic E-state index is 0.264. The number of hydrogen-bond acceptors (Lipinski definition) is 2. The molecular formula is C15H23NO. The highest BCUT2D eigenvalue weighted by Gasteiger charge is 2.04. The number of carbonyl (C=O) groups excluding carboxylic acids is 1. The Hall–Kier alpha value is -1.15. The first kappa shape index (κ1) is 13.9. The molecule has 2 heteroatoms. The molecule has 0 atom stereocenters. The van der Waals surface area contributed by atoms with Crippen molar-refractivity contribution in [3.63, 3.8) is 0 Å². The number of benzene rings is 1. The van der Waals surface area contributed by atoms with E-state index in [1.165, 1.54) is 18.4 Å². The van der Waals surface area contributed by atoms with Crippen molar-refractivity contribution in [3.8, 4) is 0 Å². The summed E-state index contributed by atoms with van der Waals surface area (Å²) in [5.41, 5.74) is 7.52. The first-order valence-corrected chi connectivity index (χ1v) is 6.60. The zero-order chi connectivity index (χ0) is 12.5. The van der Waals surface area contributed by atoms with Crippen molar-refractivity contribution < 1.29 is 4.79 Å². The van der Waals surface area contributed by atoms with Crippen molar-refractivity contribution in [2.24, 2.45) is 5.73 Å². The highest BCUT2D eigenvalue weighted by molar-refractivity contribution is 5.96. The van der Waals surface area contributed by atoms with Gasteiger partial charge in [-0.15, -0.1) is 0 Å². The summed E-state index contributed by atoms with van der Waals surface area (Å²) in [6.45, 7) is 2.84. The fraction of sp³-hybridized carbons (Fsp3) is 0.533. The second kappa shape index (κ2) is 8.02. The molecule has 94 valence electrons. The summed E-state index contributed by atoms with van der Waals surface area (Å²) in [7, 11) is 0. The maximum absolute atomic E-state index is 11.9. The van der Waals surface area contributed by atoms with Crippen LogP contribution in [0.2, 0.25) is 0 Å². The van der Waals surface area contributed by atoms with E-state index in [0.29, 0.717) is 13.0 Å². The average Bonchev–Trinajstić information content (AvgIpc) is 2.36. The third-order valence-electron chi connectivity index (χ3n) is 2.97. The zero-order valence-electron chi connectivity index (χ0n) is 10.7. The van der Waals surface area contributed by atoms with Gasteiger partial charge in [-0.2, -0.15) is 0 Å². The molecule has 0 bridgehead atoms. The van der Waals surface area contributed by atoms with Gasteiger partial charge in [-0.05, 0) is 24.9 Å². The summed E-state index contributed by atoms with van der Waals surface area (Å²) >= 11 is 0. The van der Waals surface area contributed by atoms with Crippen LogP contribution in [0.1, 0.15) is 54.9 Å². The van der Waals surface area contributed by atoms with Crippen LogP contribution in [-0.4, -0.2) is 12.3 Å². The molecule has 0 heterocycles. The molecule has 0 unspecified atom stereocenters. The van der Waals surface area contributed by atoms with E-state index in [2.05, 4.69) is 6.92 Å². The van der Waals surface area contributed by atoms with Crippen LogP contribution in [-0.2, 0) is 6.42 Å². The Morgan fingerprint density at radius 1 is 1.12 bits per heavy atom. The minimum atomic E-state index is 0.264. The van der Waals surface area contributed by atoms with E-state index >= 15 is 0 Å². The van der Waals surface area contributed by atoms with Crippen LogP contribution >= 0.6 is 0 Å². The second-order valence-corrected chi connectivity index (χ2v) is 4.47. The predicted molar refractivity (Wildman–Crippen MR) is 72.3 cm³/mol. The van der Waals surface area contributed by atoms with Crippen LogP contribution in [0.4, 0.5) is 0 Å². The number of Topliss-reactive ketones (excluding diaryl/α,β-unsaturated/α-hetero) is 1. The van der Waals surface area contributed by atoms with Crippen LogP contribution in [0.15, 0.2) is 24.3 Å². The van der Waals surface area contributed by atoms with E-state index in [0.717, 1.165) is 24.8 Å². The highest BCUT2D eigenvalue weighted by atomic mass is 16.1. The van der Waals surface area contributed by atoms with E-state index in [1.54, 1.807) is 0 Å². The lowest BCUT2D eigenvalue weighted by Crippen LogP contribution is -2.03. The van der Waals surface area contributed by atoms with Gasteiger partial charge < -0.3 is 5.73 Å². The molecule has 17 heavy (non-hydrogen) atoms. The van der Waals surface area contributed by atoms with E-state index < -0.39 is 0 Å². The van der Waals surface area contributed by atoms with E-state index in [9.17, 15) is 4.79 Å². The van der Waals surface area contributed by atoms with E-state index in [-0.39, 0.29) is 5.78 Å². The Labute approximate surface area is 104 Å². The summed E-state index contributed by atoms with van der Waals surface area (Å²) in [5, 5.41) is 0. The van der Waals surface area contributed by atoms with Gasteiger partial charge in [-0.3, -0.25) is 4.79 Å². The first-order valence-electron chi connectivity index (χ1n) is 6.60. The van der Waals surface area contributed by atoms with Gasteiger partial charge in [0.1, 0.15) is 0 Å². The normalized spacial score (nSPS) is 10.5. The number of rotatable bonds is 8. The third kappa shape index (κ3) is 5.14. The Balaban J connectivity index is 2.40. The molecule has 1 aromatic rings. The average molecular weight is 233 g/mol. The smallest absolute Gasteiger partial charge is 0.162 e. The van der Waals surface area contributed by atoms with Crippen molar-refractivity contribution in [3.05, 3.63) is 35.4 Å². The maximum Gasteiger partial charge on any atom is 0.162 e. The van der Waals surface area contributed by atoms with Gasteiger partial charge >= 0.3 is 0 Å². The van der Waals surface area contributed by atoms with Gasteiger partial charge in [0, 0.05) is 12.0 Å². The van der Waals surface area contributed by atoms with Crippen molar-refractivity contribution in [1.29, 1.82) is 0 Å². The molecule has 0 fully saturated rings. The Kier molecular flexibility index (Phi) is 6.56. The Bertz CT molecular complexity index is 329. The summed E-state index contributed by atoms with van der Waals surface area (Å²) in [6.07, 6.45) is 6.16. The zero-order valence-corrected chi connectivity index (χ0v) is 10.7. The van der Waals surface area contributed by atoms with Gasteiger partial charge in [0.15, 0.2) is 5.78 Å². The van der Waals surface area contributed by atoms with Crippen LogP contribution in [0.3, 0.4) is 0 Å². The number of nitrogens with two attached hydrogens (primary N) is 1. The molecule has 2 N–H and O–H groups in total. The topological polar surface area (TPSA) is 43.1 Å². The summed E-state index contributed by atoms with van der Waals surface area (Å²) in [6, 6.07) is 7.86. The molecule has 1 aromatic carbocycles. The van der Waals surface area contributed by atoms with E-state index in [1.807, 2.05) is 24.3 Å². The second-order valence-electron chi connectivity index (χ2n) is 4.47. The lowest BCUT2D eigenvalue weighted by molar-refractivity contribution is 0.0979. The molecule has 0 saturated heterocycles. The lowest BCUT2D eigenvalue weighted by atomic mass is 10.0. The van der Waals surface area contributed by atoms with Crippen LogP contribution in [0.25, 0.3) is 0 Å². The third-order valence-corrected chi connectivity index (χ3v) is 2.97. The Morgan fingerprint density at radius 3 is 2.41 bits per heavy atom. The molecule has 0 spiro atoms. The van der Waals surface area contributed by atoms with Gasteiger partial charge in [-0.1, -0.05) is 50.5 Å².